The van der Waals surface area contributed by atoms with Gasteiger partial charge in [0.05, 0.1) is 0 Å². The number of hydrogen-bond donors (Lipinski definition) is 15. The largest absolute Gasteiger partial charge is 1.00 e. The molecule has 0 saturated heterocycles. The van der Waals surface area contributed by atoms with Crippen LogP contribution in [0.4, 0.5) is 0 Å². The average Bonchev–Trinajstić information content (AvgIpc) is 2.78. The van der Waals surface area contributed by atoms with Gasteiger partial charge in [0.1, 0.15) is 0 Å². The molecule has 0 saturated carbocycles. The second-order valence-electron chi connectivity index (χ2n) is 3.57. The number of hydrogen-bond acceptors (Lipinski definition) is 30. The monoisotopic (exact) mass is 1230 g/mol. The fourth-order valence-corrected chi connectivity index (χ4v) is 0. The van der Waals surface area contributed by atoms with Gasteiger partial charge in [0.2, 0.25) is 0 Å². The molecule has 384 valence electrons. The smallest absolute Gasteiger partial charge is 1.00 e. The first-order chi connectivity index (χ1) is 26.0. The Labute approximate surface area is 666 Å². The zero-order valence-electron chi connectivity index (χ0n) is 49.7. The molecule has 0 fully saturated rings. The third kappa shape index (κ3) is 2930000000000000123001195420712960. The molecule has 0 spiro atoms. The van der Waals surface area contributed by atoms with E-state index in [1.54, 1.807) is 0 Å². The molecular formula is H27N15Na12O45. The van der Waals surface area contributed by atoms with E-state index in [1.165, 1.54) is 0 Å². The molecule has 0 aromatic rings. The van der Waals surface area contributed by atoms with E-state index < -0.39 is 76.3 Å². The SMILES string of the molecule is O=[N+]([O-])O.O=[N+]([O-])O.O=[N+]([O-])O.O=[N+]([O-])O.O=[N+]([O-])O.O=[N+]([O-])O.O=[N+]([O-])O.O=[N+]([O-])O.O=[N+]([O-])O.O=[N+]([O-])O.O=[N+]([O-])O.O=[N+]([O-])O.O=[N+]([O-])O.O=[N+]([O-])O.O=[N+]([O-])O.[H-].[H-].[H-].[H-].[H-].[H-].[H-].[H-].[H-].[H-].[H-].[H-].[Na+].[Na+].[Na+].[Na+].[Na+].[Na+].[Na+].[Na+].[Na+].[Na+].[Na+].[Na+]. The van der Waals surface area contributed by atoms with Gasteiger partial charge in [-0.2, -0.15) is 0 Å². The Balaban J connectivity index is -0.00000000684. The molecule has 0 radical (unpaired) electrons. The van der Waals surface area contributed by atoms with Crippen molar-refractivity contribution in [3.05, 3.63) is 152 Å². The van der Waals surface area contributed by atoms with E-state index in [2.05, 4.69) is 0 Å². The van der Waals surface area contributed by atoms with Gasteiger partial charge in [-0.3, -0.25) is 0 Å². The normalized spacial score (nSPS) is 5.00. The van der Waals surface area contributed by atoms with Crippen molar-refractivity contribution < 1.29 is 526 Å². The molecule has 0 atom stereocenters. The summed E-state index contributed by atoms with van der Waals surface area (Å²) in [5, 5.41) is 205. The summed E-state index contributed by atoms with van der Waals surface area (Å²) in [6, 6.07) is 0. The number of nitrogens with zero attached hydrogens (tertiary/aromatic N) is 15. The van der Waals surface area contributed by atoms with Crippen LogP contribution < -0.4 is 355 Å². The van der Waals surface area contributed by atoms with Crippen molar-refractivity contribution in [2.24, 2.45) is 0 Å². The van der Waals surface area contributed by atoms with Gasteiger partial charge in [0.25, 0.3) is 76.3 Å². The maximum atomic E-state index is 8.36. The molecule has 60 nitrogen and oxygen atoms in total. The maximum Gasteiger partial charge on any atom is 1.00 e. The average molecular weight is 1230 g/mol. The first kappa shape index (κ1) is 179. The van der Waals surface area contributed by atoms with E-state index in [0.717, 1.165) is 0 Å². The van der Waals surface area contributed by atoms with Crippen LogP contribution in [0, 0.1) is 152 Å². The van der Waals surface area contributed by atoms with Crippen molar-refractivity contribution in [3.63, 3.8) is 0 Å². The summed E-state index contributed by atoms with van der Waals surface area (Å²) in [6.45, 7) is 0. The second kappa shape index (κ2) is 172. The zero-order chi connectivity index (χ0) is 53.7. The van der Waals surface area contributed by atoms with Gasteiger partial charge >= 0.3 is 355 Å². The summed E-state index contributed by atoms with van der Waals surface area (Å²) in [6.07, 6.45) is 0. The van der Waals surface area contributed by atoms with Gasteiger partial charge in [0, 0.05) is 0 Å². The topological polar surface area (TPSA) is 951 Å². The van der Waals surface area contributed by atoms with E-state index in [0.29, 0.717) is 0 Å². The van der Waals surface area contributed by atoms with Crippen LogP contribution in [0.2, 0.25) is 0 Å². The molecule has 0 rings (SSSR count). The third-order valence-electron chi connectivity index (χ3n) is 0. The van der Waals surface area contributed by atoms with Crippen LogP contribution in [-0.4, -0.2) is 154 Å². The van der Waals surface area contributed by atoms with Crippen molar-refractivity contribution in [2.75, 3.05) is 0 Å². The van der Waals surface area contributed by atoms with E-state index in [-0.39, 0.29) is 372 Å². The summed E-state index contributed by atoms with van der Waals surface area (Å²) in [4.78, 5) is 125. The van der Waals surface area contributed by atoms with E-state index in [9.17, 15) is 0 Å². The molecule has 72 heteroatoms. The summed E-state index contributed by atoms with van der Waals surface area (Å²) in [5.74, 6) is 0. The second-order valence-corrected chi connectivity index (χ2v) is 3.57. The molecule has 0 heterocycles. The molecule has 72 heavy (non-hydrogen) atoms. The molecule has 0 bridgehead atoms. The molecule has 0 aromatic heterocycles. The Hall–Kier alpha value is 0.0000000000000107. The number of rotatable bonds is 0. The maximum absolute atomic E-state index is 8.36. The molecule has 0 aromatic carbocycles. The van der Waals surface area contributed by atoms with E-state index in [4.69, 9.17) is 230 Å². The molecule has 0 aliphatic rings. The Morgan fingerprint density at radius 2 is 0.139 bits per heavy atom. The summed E-state index contributed by atoms with van der Waals surface area (Å²) in [7, 11) is 0. The molecule has 0 aliphatic heterocycles. The molecular weight excluding hydrogens is 1210 g/mol. The summed E-state index contributed by atoms with van der Waals surface area (Å²) < 4.78 is 0. The molecule has 0 aliphatic carbocycles. The van der Waals surface area contributed by atoms with Crippen LogP contribution in [0.15, 0.2) is 0 Å². The zero-order valence-corrected chi connectivity index (χ0v) is 61.7. The predicted octanol–water partition coefficient (Wildman–Crippen LogP) is -39.8. The van der Waals surface area contributed by atoms with Crippen LogP contribution in [0.25, 0.3) is 0 Å². The summed E-state index contributed by atoms with van der Waals surface area (Å²) >= 11 is 0. The van der Waals surface area contributed by atoms with Crippen LogP contribution in [0.1, 0.15) is 17.1 Å². The van der Waals surface area contributed by atoms with Crippen molar-refractivity contribution >= 4 is 0 Å². The van der Waals surface area contributed by atoms with Gasteiger partial charge in [-0.25, -0.2) is 0 Å². The third-order valence-corrected chi connectivity index (χ3v) is 0. The van der Waals surface area contributed by atoms with Crippen LogP contribution in [0.5, 0.6) is 0 Å². The predicted molar refractivity (Wildman–Crippen MR) is 145 cm³/mol. The van der Waals surface area contributed by atoms with Gasteiger partial charge < -0.3 is 95.2 Å². The standard InChI is InChI=1S/15HNO3.12Na.12H/c15*2-1(3)4;;;;;;;;;;;;;;;;;;;;;;;;/h15*(H,2,3,4);;;;;;;;;;;;;;;;;;;;;;;;/q;;;;;;;;;;;;;;;12*+1;12*-1. The quantitative estimate of drug-likeness (QED) is 0.0608. The Morgan fingerprint density at radius 3 is 0.139 bits per heavy atom. The fraction of sp³-hybridized carbons (Fsp3) is 0. The molecule has 0 amide bonds. The van der Waals surface area contributed by atoms with Crippen molar-refractivity contribution in [3.8, 4) is 0 Å². The molecule has 15 N–H and O–H groups in total. The van der Waals surface area contributed by atoms with Crippen molar-refractivity contribution in [1.82, 2.24) is 0 Å². The first-order valence-corrected chi connectivity index (χ1v) is 8.48. The fourth-order valence-electron chi connectivity index (χ4n) is 0. The van der Waals surface area contributed by atoms with Gasteiger partial charge in [-0.1, -0.05) is 0 Å². The van der Waals surface area contributed by atoms with Gasteiger partial charge in [-0.05, 0) is 0 Å². The minimum atomic E-state index is -1.50. The van der Waals surface area contributed by atoms with Crippen molar-refractivity contribution in [2.45, 2.75) is 0 Å². The van der Waals surface area contributed by atoms with E-state index in [1.807, 2.05) is 0 Å². The van der Waals surface area contributed by atoms with Crippen LogP contribution in [0.3, 0.4) is 0 Å². The minimum absolute atomic E-state index is 0. The van der Waals surface area contributed by atoms with Crippen LogP contribution >= 0.6 is 0 Å². The Morgan fingerprint density at radius 1 is 0.139 bits per heavy atom. The summed E-state index contributed by atoms with van der Waals surface area (Å²) in [5.41, 5.74) is 0. The minimum Gasteiger partial charge on any atom is -1.00 e. The van der Waals surface area contributed by atoms with Crippen LogP contribution in [-0.2, 0) is 0 Å². The molecule has 0 unspecified atom stereocenters. The van der Waals surface area contributed by atoms with Crippen molar-refractivity contribution in [1.29, 1.82) is 0 Å². The Bertz CT molecular complexity index is 842. The Kier molecular flexibility index (Phi) is 428. The van der Waals surface area contributed by atoms with Gasteiger partial charge in [0.15, 0.2) is 0 Å². The first-order valence-electron chi connectivity index (χ1n) is 8.48. The van der Waals surface area contributed by atoms with E-state index >= 15 is 0 Å². The van der Waals surface area contributed by atoms with Gasteiger partial charge in [-0.15, -0.1) is 152 Å².